The van der Waals surface area contributed by atoms with Crippen LogP contribution in [0.4, 0.5) is 0 Å². The highest BCUT2D eigenvalue weighted by atomic mass is 16.5. The Labute approximate surface area is 81.4 Å². The van der Waals surface area contributed by atoms with Crippen LogP contribution in [-0.2, 0) is 4.74 Å². The molecule has 3 nitrogen and oxygen atoms in total. The van der Waals surface area contributed by atoms with Crippen molar-refractivity contribution in [3.05, 3.63) is 0 Å². The minimum Gasteiger partial charge on any atom is -0.380 e. The first-order valence-corrected chi connectivity index (χ1v) is 5.19. The molecule has 13 heavy (non-hydrogen) atoms. The lowest BCUT2D eigenvalue weighted by atomic mass is 10.2. The van der Waals surface area contributed by atoms with Crippen LogP contribution in [0.25, 0.3) is 0 Å². The van der Waals surface area contributed by atoms with Gasteiger partial charge < -0.3 is 10.1 Å². The highest BCUT2D eigenvalue weighted by Gasteiger charge is 2.15. The first-order chi connectivity index (χ1) is 6.22. The highest BCUT2D eigenvalue weighted by Crippen LogP contribution is 2.06. The van der Waals surface area contributed by atoms with Gasteiger partial charge in [0.1, 0.15) is 0 Å². The zero-order chi connectivity index (χ0) is 9.68. The van der Waals surface area contributed by atoms with Gasteiger partial charge in [-0.05, 0) is 19.9 Å². The van der Waals surface area contributed by atoms with Gasteiger partial charge in [-0.3, -0.25) is 4.90 Å². The number of rotatable bonds is 3. The second-order valence-electron chi connectivity index (χ2n) is 4.13. The van der Waals surface area contributed by atoms with Crippen LogP contribution in [0, 0.1) is 5.92 Å². The lowest BCUT2D eigenvalue weighted by molar-refractivity contribution is 0.125. The quantitative estimate of drug-likeness (QED) is 0.697. The number of hydrogen-bond acceptors (Lipinski definition) is 3. The van der Waals surface area contributed by atoms with Gasteiger partial charge in [0, 0.05) is 25.7 Å². The topological polar surface area (TPSA) is 24.5 Å². The minimum absolute atomic E-state index is 0.574. The zero-order valence-electron chi connectivity index (χ0n) is 9.05. The summed E-state index contributed by atoms with van der Waals surface area (Å²) in [5.41, 5.74) is 0. The molecule has 2 atom stereocenters. The van der Waals surface area contributed by atoms with Gasteiger partial charge in [0.25, 0.3) is 0 Å². The molecule has 0 bridgehead atoms. The first-order valence-electron chi connectivity index (χ1n) is 5.19. The summed E-state index contributed by atoms with van der Waals surface area (Å²) in [4.78, 5) is 2.48. The maximum absolute atomic E-state index is 5.49. The maximum Gasteiger partial charge on any atom is 0.0593 e. The van der Waals surface area contributed by atoms with Gasteiger partial charge in [-0.15, -0.1) is 0 Å². The SMILES string of the molecule is CNC(C)CN1CCOCC(C)C1. The van der Waals surface area contributed by atoms with Gasteiger partial charge in [0.05, 0.1) is 13.2 Å². The molecular weight excluding hydrogens is 164 g/mol. The molecule has 1 fully saturated rings. The Morgan fingerprint density at radius 3 is 3.08 bits per heavy atom. The molecule has 1 heterocycles. The van der Waals surface area contributed by atoms with E-state index in [4.69, 9.17) is 4.74 Å². The van der Waals surface area contributed by atoms with Crippen LogP contribution >= 0.6 is 0 Å². The van der Waals surface area contributed by atoms with Crippen LogP contribution in [0.3, 0.4) is 0 Å². The van der Waals surface area contributed by atoms with Crippen molar-refractivity contribution in [2.24, 2.45) is 5.92 Å². The van der Waals surface area contributed by atoms with E-state index in [1.807, 2.05) is 7.05 Å². The van der Waals surface area contributed by atoms with Crippen LogP contribution in [-0.4, -0.2) is 50.8 Å². The predicted molar refractivity (Wildman–Crippen MR) is 54.9 cm³/mol. The van der Waals surface area contributed by atoms with E-state index in [1.54, 1.807) is 0 Å². The summed E-state index contributed by atoms with van der Waals surface area (Å²) in [5, 5.41) is 3.26. The highest BCUT2D eigenvalue weighted by molar-refractivity contribution is 4.70. The summed E-state index contributed by atoms with van der Waals surface area (Å²) in [6.07, 6.45) is 0. The van der Waals surface area contributed by atoms with Crippen molar-refractivity contribution in [2.75, 3.05) is 39.9 Å². The molecule has 1 N–H and O–H groups in total. The van der Waals surface area contributed by atoms with Crippen LogP contribution < -0.4 is 5.32 Å². The summed E-state index contributed by atoms with van der Waals surface area (Å²) < 4.78 is 5.49. The lowest BCUT2D eigenvalue weighted by Gasteiger charge is -2.24. The normalized spacial score (nSPS) is 28.4. The fraction of sp³-hybridized carbons (Fsp3) is 1.00. The Kier molecular flexibility index (Phi) is 4.70. The molecular formula is C10H22N2O. The van der Waals surface area contributed by atoms with E-state index >= 15 is 0 Å². The monoisotopic (exact) mass is 186 g/mol. The maximum atomic E-state index is 5.49. The Morgan fingerprint density at radius 1 is 1.62 bits per heavy atom. The molecule has 1 aliphatic rings. The lowest BCUT2D eigenvalue weighted by Crippen LogP contribution is -2.39. The van der Waals surface area contributed by atoms with E-state index in [2.05, 4.69) is 24.1 Å². The molecule has 0 aromatic rings. The van der Waals surface area contributed by atoms with E-state index in [1.165, 1.54) is 6.54 Å². The minimum atomic E-state index is 0.574. The van der Waals surface area contributed by atoms with Gasteiger partial charge in [0.2, 0.25) is 0 Å². The zero-order valence-corrected chi connectivity index (χ0v) is 9.05. The van der Waals surface area contributed by atoms with E-state index in [-0.39, 0.29) is 0 Å². The van der Waals surface area contributed by atoms with Crippen molar-refractivity contribution < 1.29 is 4.74 Å². The van der Waals surface area contributed by atoms with E-state index < -0.39 is 0 Å². The number of likely N-dealkylation sites (N-methyl/N-ethyl adjacent to an activating group) is 1. The van der Waals surface area contributed by atoms with Crippen molar-refractivity contribution in [1.29, 1.82) is 0 Å². The smallest absolute Gasteiger partial charge is 0.0593 e. The number of ether oxygens (including phenoxy) is 1. The van der Waals surface area contributed by atoms with Crippen LogP contribution in [0.1, 0.15) is 13.8 Å². The van der Waals surface area contributed by atoms with Gasteiger partial charge >= 0.3 is 0 Å². The molecule has 1 saturated heterocycles. The van der Waals surface area contributed by atoms with E-state index in [0.29, 0.717) is 12.0 Å². The molecule has 0 saturated carbocycles. The largest absolute Gasteiger partial charge is 0.380 e. The third kappa shape index (κ3) is 4.07. The van der Waals surface area contributed by atoms with Crippen molar-refractivity contribution in [2.45, 2.75) is 19.9 Å². The number of nitrogens with zero attached hydrogens (tertiary/aromatic N) is 1. The summed E-state index contributed by atoms with van der Waals surface area (Å²) in [5.74, 6) is 0.673. The van der Waals surface area contributed by atoms with Crippen molar-refractivity contribution >= 4 is 0 Å². The molecule has 0 aliphatic carbocycles. The predicted octanol–water partition coefficient (Wildman–Crippen LogP) is 0.563. The molecule has 1 rings (SSSR count). The fourth-order valence-electron chi connectivity index (χ4n) is 1.71. The standard InChI is InChI=1S/C10H22N2O/c1-9-6-12(4-5-13-8-9)7-10(2)11-3/h9-11H,4-8H2,1-3H3. The first kappa shape index (κ1) is 11.0. The van der Waals surface area contributed by atoms with E-state index in [9.17, 15) is 0 Å². The third-order valence-electron chi connectivity index (χ3n) is 2.55. The molecule has 0 spiro atoms. The Morgan fingerprint density at radius 2 is 2.38 bits per heavy atom. The average molecular weight is 186 g/mol. The third-order valence-corrected chi connectivity index (χ3v) is 2.55. The summed E-state index contributed by atoms with van der Waals surface area (Å²) in [6, 6.07) is 0.574. The average Bonchev–Trinajstić information content (AvgIpc) is 2.30. The second kappa shape index (κ2) is 5.58. The van der Waals surface area contributed by atoms with Crippen molar-refractivity contribution in [3.63, 3.8) is 0 Å². The van der Waals surface area contributed by atoms with E-state index in [0.717, 1.165) is 26.3 Å². The molecule has 0 aromatic carbocycles. The number of hydrogen-bond donors (Lipinski definition) is 1. The van der Waals surface area contributed by atoms with Crippen molar-refractivity contribution in [3.8, 4) is 0 Å². The van der Waals surface area contributed by atoms with Gasteiger partial charge in [0.15, 0.2) is 0 Å². The Bertz CT molecular complexity index is 141. The Hall–Kier alpha value is -0.120. The van der Waals surface area contributed by atoms with Crippen LogP contribution in [0.2, 0.25) is 0 Å². The fourth-order valence-corrected chi connectivity index (χ4v) is 1.71. The summed E-state index contributed by atoms with van der Waals surface area (Å²) in [7, 11) is 2.02. The Balaban J connectivity index is 2.30. The van der Waals surface area contributed by atoms with Crippen LogP contribution in [0.5, 0.6) is 0 Å². The molecule has 0 aromatic heterocycles. The molecule has 2 unspecified atom stereocenters. The van der Waals surface area contributed by atoms with Crippen molar-refractivity contribution in [1.82, 2.24) is 10.2 Å². The number of nitrogens with one attached hydrogen (secondary N) is 1. The molecule has 0 amide bonds. The van der Waals surface area contributed by atoms with Gasteiger partial charge in [-0.25, -0.2) is 0 Å². The summed E-state index contributed by atoms with van der Waals surface area (Å²) >= 11 is 0. The molecule has 1 aliphatic heterocycles. The van der Waals surface area contributed by atoms with Crippen LogP contribution in [0.15, 0.2) is 0 Å². The molecule has 0 radical (unpaired) electrons. The van der Waals surface area contributed by atoms with Gasteiger partial charge in [-0.1, -0.05) is 6.92 Å². The van der Waals surface area contributed by atoms with Gasteiger partial charge in [-0.2, -0.15) is 0 Å². The summed E-state index contributed by atoms with van der Waals surface area (Å²) in [6.45, 7) is 9.66. The second-order valence-corrected chi connectivity index (χ2v) is 4.13. The molecule has 78 valence electrons. The molecule has 3 heteroatoms.